The zero-order valence-electron chi connectivity index (χ0n) is 9.79. The van der Waals surface area contributed by atoms with Gasteiger partial charge in [-0.2, -0.15) is 0 Å². The summed E-state index contributed by atoms with van der Waals surface area (Å²) in [5.41, 5.74) is -0.522. The van der Waals surface area contributed by atoms with E-state index in [1.165, 1.54) is 0 Å². The summed E-state index contributed by atoms with van der Waals surface area (Å²) in [6.07, 6.45) is 5.61. The Morgan fingerprint density at radius 2 is 2.13 bits per heavy atom. The van der Waals surface area contributed by atoms with E-state index in [1.54, 1.807) is 0 Å². The van der Waals surface area contributed by atoms with Crippen LogP contribution in [0.3, 0.4) is 0 Å². The second-order valence-electron chi connectivity index (χ2n) is 4.47. The molecule has 1 heterocycles. The Hall–Kier alpha value is -0.570. The third-order valence-corrected chi connectivity index (χ3v) is 3.78. The zero-order chi connectivity index (χ0) is 11.3. The molecule has 1 fully saturated rings. The maximum absolute atomic E-state index is 11.2. The molecule has 0 saturated carbocycles. The SMILES string of the molecule is CCC(CC)(CCC1CCCO1)C(=O)O. The fourth-order valence-electron chi connectivity index (χ4n) is 2.32. The average molecular weight is 214 g/mol. The molecule has 1 saturated heterocycles. The van der Waals surface area contributed by atoms with E-state index >= 15 is 0 Å². The standard InChI is InChI=1S/C12H22O3/c1-3-12(4-2,11(13)14)8-7-10-6-5-9-15-10/h10H,3-9H2,1-2H3,(H,13,14). The summed E-state index contributed by atoms with van der Waals surface area (Å²) in [6, 6.07) is 0. The molecular formula is C12H22O3. The van der Waals surface area contributed by atoms with Crippen molar-refractivity contribution in [2.75, 3.05) is 6.61 Å². The first-order valence-electron chi connectivity index (χ1n) is 5.99. The largest absolute Gasteiger partial charge is 0.481 e. The molecular weight excluding hydrogens is 192 g/mol. The second kappa shape index (κ2) is 5.50. The van der Waals surface area contributed by atoms with Crippen LogP contribution in [0.4, 0.5) is 0 Å². The van der Waals surface area contributed by atoms with E-state index in [-0.39, 0.29) is 0 Å². The lowest BCUT2D eigenvalue weighted by molar-refractivity contribution is -0.150. The van der Waals surface area contributed by atoms with Crippen molar-refractivity contribution in [3.63, 3.8) is 0 Å². The molecule has 1 rings (SSSR count). The molecule has 88 valence electrons. The molecule has 15 heavy (non-hydrogen) atoms. The molecule has 0 bridgehead atoms. The summed E-state index contributed by atoms with van der Waals surface area (Å²) < 4.78 is 5.52. The summed E-state index contributed by atoms with van der Waals surface area (Å²) in [7, 11) is 0. The Labute approximate surface area is 91.8 Å². The molecule has 0 aromatic rings. The van der Waals surface area contributed by atoms with Crippen LogP contribution < -0.4 is 0 Å². The van der Waals surface area contributed by atoms with Crippen LogP contribution in [-0.2, 0) is 9.53 Å². The van der Waals surface area contributed by atoms with Crippen LogP contribution in [-0.4, -0.2) is 23.8 Å². The molecule has 1 aliphatic rings. The number of carboxylic acid groups (broad SMARTS) is 1. The highest BCUT2D eigenvalue weighted by molar-refractivity contribution is 5.74. The van der Waals surface area contributed by atoms with Crippen molar-refractivity contribution in [3.8, 4) is 0 Å². The number of rotatable bonds is 6. The van der Waals surface area contributed by atoms with Crippen molar-refractivity contribution in [1.82, 2.24) is 0 Å². The number of hydrogen-bond donors (Lipinski definition) is 1. The smallest absolute Gasteiger partial charge is 0.309 e. The van der Waals surface area contributed by atoms with Crippen LogP contribution in [0.15, 0.2) is 0 Å². The van der Waals surface area contributed by atoms with Gasteiger partial charge >= 0.3 is 5.97 Å². The Balaban J connectivity index is 2.46. The van der Waals surface area contributed by atoms with Gasteiger partial charge in [-0.25, -0.2) is 0 Å². The highest BCUT2D eigenvalue weighted by Gasteiger charge is 2.35. The molecule has 3 nitrogen and oxygen atoms in total. The Bertz CT molecular complexity index is 203. The maximum Gasteiger partial charge on any atom is 0.309 e. The van der Waals surface area contributed by atoms with Gasteiger partial charge < -0.3 is 9.84 Å². The monoisotopic (exact) mass is 214 g/mol. The molecule has 0 aliphatic carbocycles. The van der Waals surface area contributed by atoms with Crippen molar-refractivity contribution >= 4 is 5.97 Å². The summed E-state index contributed by atoms with van der Waals surface area (Å²) >= 11 is 0. The third-order valence-electron chi connectivity index (χ3n) is 3.78. The topological polar surface area (TPSA) is 46.5 Å². The number of carbonyl (C=O) groups is 1. The van der Waals surface area contributed by atoms with Gasteiger partial charge in [0.05, 0.1) is 11.5 Å². The van der Waals surface area contributed by atoms with E-state index < -0.39 is 11.4 Å². The number of ether oxygens (including phenoxy) is 1. The van der Waals surface area contributed by atoms with Gasteiger partial charge in [-0.3, -0.25) is 4.79 Å². The Morgan fingerprint density at radius 1 is 1.47 bits per heavy atom. The van der Waals surface area contributed by atoms with Crippen LogP contribution in [0.5, 0.6) is 0 Å². The fourth-order valence-corrected chi connectivity index (χ4v) is 2.32. The fraction of sp³-hybridized carbons (Fsp3) is 0.917. The lowest BCUT2D eigenvalue weighted by Crippen LogP contribution is -2.30. The molecule has 1 aliphatic heterocycles. The number of carboxylic acids is 1. The van der Waals surface area contributed by atoms with Crippen molar-refractivity contribution in [3.05, 3.63) is 0 Å². The minimum Gasteiger partial charge on any atom is -0.481 e. The second-order valence-corrected chi connectivity index (χ2v) is 4.47. The van der Waals surface area contributed by atoms with Crippen LogP contribution in [0.2, 0.25) is 0 Å². The van der Waals surface area contributed by atoms with E-state index in [2.05, 4.69) is 0 Å². The Morgan fingerprint density at radius 3 is 2.53 bits per heavy atom. The van der Waals surface area contributed by atoms with E-state index in [9.17, 15) is 9.90 Å². The molecule has 0 spiro atoms. The van der Waals surface area contributed by atoms with Gasteiger partial charge in [-0.15, -0.1) is 0 Å². The lowest BCUT2D eigenvalue weighted by atomic mass is 9.77. The van der Waals surface area contributed by atoms with Gasteiger partial charge in [0.1, 0.15) is 0 Å². The summed E-state index contributed by atoms with van der Waals surface area (Å²) in [5, 5.41) is 9.26. The predicted molar refractivity (Wildman–Crippen MR) is 58.9 cm³/mol. The third kappa shape index (κ3) is 2.94. The summed E-state index contributed by atoms with van der Waals surface area (Å²) in [5.74, 6) is -0.648. The van der Waals surface area contributed by atoms with Crippen molar-refractivity contribution in [2.45, 2.75) is 58.5 Å². The minimum absolute atomic E-state index is 0.307. The number of hydrogen-bond acceptors (Lipinski definition) is 2. The molecule has 0 amide bonds. The van der Waals surface area contributed by atoms with Gasteiger partial charge in [0.15, 0.2) is 0 Å². The van der Waals surface area contributed by atoms with Crippen molar-refractivity contribution in [2.24, 2.45) is 5.41 Å². The first-order chi connectivity index (χ1) is 7.14. The zero-order valence-corrected chi connectivity index (χ0v) is 9.79. The van der Waals surface area contributed by atoms with Gasteiger partial charge in [0, 0.05) is 6.61 Å². The minimum atomic E-state index is -0.648. The van der Waals surface area contributed by atoms with E-state index in [0.717, 1.165) is 32.3 Å². The van der Waals surface area contributed by atoms with E-state index in [0.29, 0.717) is 18.9 Å². The van der Waals surface area contributed by atoms with Crippen LogP contribution >= 0.6 is 0 Å². The van der Waals surface area contributed by atoms with Crippen molar-refractivity contribution < 1.29 is 14.6 Å². The molecule has 0 radical (unpaired) electrons. The first kappa shape index (κ1) is 12.5. The summed E-state index contributed by atoms with van der Waals surface area (Å²) in [4.78, 5) is 11.2. The molecule has 3 heteroatoms. The normalized spacial score (nSPS) is 21.9. The summed E-state index contributed by atoms with van der Waals surface area (Å²) in [6.45, 7) is 4.78. The van der Waals surface area contributed by atoms with Gasteiger partial charge in [0.2, 0.25) is 0 Å². The van der Waals surface area contributed by atoms with Gasteiger partial charge in [0.25, 0.3) is 0 Å². The molecule has 1 unspecified atom stereocenters. The van der Waals surface area contributed by atoms with E-state index in [1.807, 2.05) is 13.8 Å². The molecule has 1 atom stereocenters. The molecule has 0 aromatic carbocycles. The van der Waals surface area contributed by atoms with Gasteiger partial charge in [-0.1, -0.05) is 13.8 Å². The highest BCUT2D eigenvalue weighted by atomic mass is 16.5. The number of aliphatic carboxylic acids is 1. The van der Waals surface area contributed by atoms with Crippen LogP contribution in [0.1, 0.15) is 52.4 Å². The Kier molecular flexibility index (Phi) is 4.58. The van der Waals surface area contributed by atoms with E-state index in [4.69, 9.17) is 4.74 Å². The molecule has 1 N–H and O–H groups in total. The lowest BCUT2D eigenvalue weighted by Gasteiger charge is -2.27. The quantitative estimate of drug-likeness (QED) is 0.739. The van der Waals surface area contributed by atoms with Gasteiger partial charge in [-0.05, 0) is 38.5 Å². The highest BCUT2D eigenvalue weighted by Crippen LogP contribution is 2.34. The average Bonchev–Trinajstić information content (AvgIpc) is 2.72. The van der Waals surface area contributed by atoms with Crippen LogP contribution in [0.25, 0.3) is 0 Å². The van der Waals surface area contributed by atoms with Crippen molar-refractivity contribution in [1.29, 1.82) is 0 Å². The maximum atomic E-state index is 11.2. The first-order valence-corrected chi connectivity index (χ1v) is 5.99. The molecule has 0 aromatic heterocycles. The van der Waals surface area contributed by atoms with Crippen LogP contribution in [0, 0.1) is 5.41 Å². The predicted octanol–water partition coefficient (Wildman–Crippen LogP) is 2.84.